The third-order valence-corrected chi connectivity index (χ3v) is 6.23. The Morgan fingerprint density at radius 1 is 0.741 bits per heavy atom. The molecule has 1 heterocycles. The van der Waals surface area contributed by atoms with Crippen molar-refractivity contribution in [2.75, 3.05) is 11.9 Å². The van der Waals surface area contributed by atoms with Crippen LogP contribution in [0.2, 0.25) is 0 Å². The molecule has 1 N–H and O–H groups in total. The number of ether oxygens (including phenoxy) is 1. The van der Waals surface area contributed by atoms with Gasteiger partial charge in [0.2, 0.25) is 0 Å². The Labute approximate surface area is 169 Å². The minimum absolute atomic E-state index is 0.823. The van der Waals surface area contributed by atoms with Gasteiger partial charge in [-0.3, -0.25) is 0 Å². The highest BCUT2D eigenvalue weighted by atomic mass is 32.2. The molecule has 3 rings (SSSR count). The summed E-state index contributed by atoms with van der Waals surface area (Å²) in [4.78, 5) is 2.52. The van der Waals surface area contributed by atoms with E-state index in [0.717, 1.165) is 18.8 Å². The van der Waals surface area contributed by atoms with Crippen molar-refractivity contribution < 1.29 is 4.74 Å². The zero-order valence-electron chi connectivity index (χ0n) is 16.6. The van der Waals surface area contributed by atoms with Crippen molar-refractivity contribution in [1.82, 2.24) is 0 Å². The SMILES string of the molecule is CCCCCCCCCCCCOc1ccc2c(c1)Sc1ccccc1N2. The van der Waals surface area contributed by atoms with Crippen molar-refractivity contribution in [3.05, 3.63) is 42.5 Å². The smallest absolute Gasteiger partial charge is 0.120 e. The average Bonchev–Trinajstić information content (AvgIpc) is 2.70. The molecule has 0 spiro atoms. The van der Waals surface area contributed by atoms with Gasteiger partial charge in [-0.1, -0.05) is 88.6 Å². The molecule has 0 saturated heterocycles. The van der Waals surface area contributed by atoms with E-state index in [0.29, 0.717) is 0 Å². The van der Waals surface area contributed by atoms with Gasteiger partial charge in [0.25, 0.3) is 0 Å². The summed E-state index contributed by atoms with van der Waals surface area (Å²) in [6.07, 6.45) is 13.6. The van der Waals surface area contributed by atoms with Crippen LogP contribution in [0, 0.1) is 0 Å². The predicted octanol–water partition coefficient (Wildman–Crippen LogP) is 8.19. The maximum Gasteiger partial charge on any atom is 0.120 e. The summed E-state index contributed by atoms with van der Waals surface area (Å²) >= 11 is 1.81. The van der Waals surface area contributed by atoms with Crippen molar-refractivity contribution in [3.63, 3.8) is 0 Å². The van der Waals surface area contributed by atoms with Crippen LogP contribution in [0.25, 0.3) is 0 Å². The quantitative estimate of drug-likeness (QED) is 0.318. The number of rotatable bonds is 12. The molecular weight excluding hydrogens is 350 g/mol. The molecule has 0 aliphatic carbocycles. The standard InChI is InChI=1S/C24H33NOS/c1-2-3-4-5-6-7-8-9-10-13-18-26-20-16-17-22-24(19-20)27-23-15-12-11-14-21(23)25-22/h11-12,14-17,19,25H,2-10,13,18H2,1H3. The van der Waals surface area contributed by atoms with E-state index in [9.17, 15) is 0 Å². The first-order chi connectivity index (χ1) is 13.4. The highest BCUT2D eigenvalue weighted by Gasteiger charge is 2.15. The maximum atomic E-state index is 5.99. The highest BCUT2D eigenvalue weighted by molar-refractivity contribution is 7.99. The molecule has 0 amide bonds. The van der Waals surface area contributed by atoms with E-state index in [1.165, 1.54) is 79.0 Å². The van der Waals surface area contributed by atoms with Crippen molar-refractivity contribution in [3.8, 4) is 5.75 Å². The Morgan fingerprint density at radius 3 is 2.19 bits per heavy atom. The van der Waals surface area contributed by atoms with Gasteiger partial charge < -0.3 is 10.1 Å². The van der Waals surface area contributed by atoms with Crippen molar-refractivity contribution in [2.45, 2.75) is 80.9 Å². The van der Waals surface area contributed by atoms with Crippen molar-refractivity contribution in [2.24, 2.45) is 0 Å². The number of fused-ring (bicyclic) bond motifs is 2. The lowest BCUT2D eigenvalue weighted by atomic mass is 10.1. The maximum absolute atomic E-state index is 5.99. The van der Waals surface area contributed by atoms with Gasteiger partial charge in [0, 0.05) is 9.79 Å². The third kappa shape index (κ3) is 6.49. The Morgan fingerprint density at radius 2 is 1.41 bits per heavy atom. The van der Waals surface area contributed by atoms with Gasteiger partial charge >= 0.3 is 0 Å². The Hall–Kier alpha value is -1.61. The molecule has 0 saturated carbocycles. The largest absolute Gasteiger partial charge is 0.494 e. The van der Waals surface area contributed by atoms with Crippen LogP contribution in [0.1, 0.15) is 71.1 Å². The van der Waals surface area contributed by atoms with E-state index >= 15 is 0 Å². The van der Waals surface area contributed by atoms with Crippen LogP contribution < -0.4 is 10.1 Å². The molecule has 1 aliphatic rings. The van der Waals surface area contributed by atoms with Gasteiger partial charge in [-0.05, 0) is 36.8 Å². The second kappa shape index (κ2) is 11.3. The molecule has 0 fully saturated rings. The van der Waals surface area contributed by atoms with Gasteiger partial charge in [0.1, 0.15) is 5.75 Å². The molecule has 0 unspecified atom stereocenters. The number of nitrogens with one attached hydrogen (secondary N) is 1. The van der Waals surface area contributed by atoms with Crippen LogP contribution in [0.5, 0.6) is 5.75 Å². The fraction of sp³-hybridized carbons (Fsp3) is 0.500. The number of unbranched alkanes of at least 4 members (excludes halogenated alkanes) is 9. The van der Waals surface area contributed by atoms with Crippen LogP contribution in [0.4, 0.5) is 11.4 Å². The molecule has 2 aromatic carbocycles. The summed E-state index contributed by atoms with van der Waals surface area (Å²) in [6.45, 7) is 3.10. The summed E-state index contributed by atoms with van der Waals surface area (Å²) in [5.74, 6) is 0.985. The summed E-state index contributed by atoms with van der Waals surface area (Å²) in [5.41, 5.74) is 2.36. The summed E-state index contributed by atoms with van der Waals surface area (Å²) in [6, 6.07) is 14.8. The van der Waals surface area contributed by atoms with Crippen LogP contribution in [0.3, 0.4) is 0 Å². The highest BCUT2D eigenvalue weighted by Crippen LogP contribution is 2.45. The van der Waals surface area contributed by atoms with Gasteiger partial charge in [-0.25, -0.2) is 0 Å². The van der Waals surface area contributed by atoms with E-state index in [-0.39, 0.29) is 0 Å². The second-order valence-corrected chi connectivity index (χ2v) is 8.50. The molecule has 0 atom stereocenters. The Balaban J connectivity index is 1.30. The summed E-state index contributed by atoms with van der Waals surface area (Å²) in [7, 11) is 0. The number of anilines is 2. The Bertz CT molecular complexity index is 701. The number of hydrogen-bond acceptors (Lipinski definition) is 3. The summed E-state index contributed by atoms with van der Waals surface area (Å²) < 4.78 is 5.99. The van der Waals surface area contributed by atoms with Crippen LogP contribution in [-0.2, 0) is 0 Å². The van der Waals surface area contributed by atoms with E-state index in [4.69, 9.17) is 4.74 Å². The normalized spacial score (nSPS) is 12.2. The molecule has 2 aromatic rings. The summed E-state index contributed by atoms with van der Waals surface area (Å²) in [5, 5.41) is 3.50. The third-order valence-electron chi connectivity index (χ3n) is 5.10. The molecule has 146 valence electrons. The molecule has 3 heteroatoms. The predicted molar refractivity (Wildman–Crippen MR) is 118 cm³/mol. The van der Waals surface area contributed by atoms with E-state index in [2.05, 4.69) is 54.7 Å². The van der Waals surface area contributed by atoms with Crippen LogP contribution in [-0.4, -0.2) is 6.61 Å². The molecule has 0 bridgehead atoms. The van der Waals surface area contributed by atoms with Gasteiger partial charge in [0.05, 0.1) is 18.0 Å². The number of benzene rings is 2. The van der Waals surface area contributed by atoms with Gasteiger partial charge in [-0.2, -0.15) is 0 Å². The zero-order valence-corrected chi connectivity index (χ0v) is 17.5. The van der Waals surface area contributed by atoms with E-state index in [1.807, 2.05) is 11.8 Å². The number of para-hydroxylation sites is 1. The first kappa shape index (κ1) is 20.1. The minimum Gasteiger partial charge on any atom is -0.494 e. The van der Waals surface area contributed by atoms with Crippen LogP contribution >= 0.6 is 11.8 Å². The van der Waals surface area contributed by atoms with Gasteiger partial charge in [-0.15, -0.1) is 0 Å². The van der Waals surface area contributed by atoms with E-state index < -0.39 is 0 Å². The zero-order chi connectivity index (χ0) is 18.7. The lowest BCUT2D eigenvalue weighted by Gasteiger charge is -2.21. The lowest BCUT2D eigenvalue weighted by Crippen LogP contribution is -2.01. The molecular formula is C24H33NOS. The second-order valence-electron chi connectivity index (χ2n) is 7.41. The van der Waals surface area contributed by atoms with Crippen LogP contribution in [0.15, 0.2) is 52.3 Å². The number of hydrogen-bond donors (Lipinski definition) is 1. The van der Waals surface area contributed by atoms with Crippen molar-refractivity contribution in [1.29, 1.82) is 0 Å². The topological polar surface area (TPSA) is 21.3 Å². The lowest BCUT2D eigenvalue weighted by molar-refractivity contribution is 0.303. The Kier molecular flexibility index (Phi) is 8.41. The minimum atomic E-state index is 0.823. The fourth-order valence-corrected chi connectivity index (χ4v) is 4.50. The van der Waals surface area contributed by atoms with Gasteiger partial charge in [0.15, 0.2) is 0 Å². The molecule has 27 heavy (non-hydrogen) atoms. The van der Waals surface area contributed by atoms with Crippen molar-refractivity contribution >= 4 is 23.1 Å². The fourth-order valence-electron chi connectivity index (χ4n) is 3.48. The monoisotopic (exact) mass is 383 g/mol. The first-order valence-corrected chi connectivity index (χ1v) is 11.5. The molecule has 1 aliphatic heterocycles. The average molecular weight is 384 g/mol. The van der Waals surface area contributed by atoms with E-state index in [1.54, 1.807) is 0 Å². The molecule has 0 aromatic heterocycles. The first-order valence-electron chi connectivity index (χ1n) is 10.7. The molecule has 0 radical (unpaired) electrons. The molecule has 2 nitrogen and oxygen atoms in total.